The SMILES string of the molecule is NC(CN1CCN(c2ccccn2)CC1)C1CCCC1. The van der Waals surface area contributed by atoms with Crippen molar-refractivity contribution >= 4 is 5.82 Å². The van der Waals surface area contributed by atoms with Crippen LogP contribution in [-0.4, -0.2) is 48.6 Å². The smallest absolute Gasteiger partial charge is 0.128 e. The molecule has 1 unspecified atom stereocenters. The van der Waals surface area contributed by atoms with Crippen molar-refractivity contribution in [2.45, 2.75) is 31.7 Å². The summed E-state index contributed by atoms with van der Waals surface area (Å²) in [4.78, 5) is 9.34. The molecule has 1 saturated heterocycles. The molecule has 1 aliphatic heterocycles. The number of anilines is 1. The van der Waals surface area contributed by atoms with Gasteiger partial charge < -0.3 is 10.6 Å². The summed E-state index contributed by atoms with van der Waals surface area (Å²) in [6.07, 6.45) is 7.32. The van der Waals surface area contributed by atoms with Crippen LogP contribution in [0.2, 0.25) is 0 Å². The Hall–Kier alpha value is -1.13. The number of hydrogen-bond donors (Lipinski definition) is 1. The summed E-state index contributed by atoms with van der Waals surface area (Å²) in [5.74, 6) is 1.87. The zero-order valence-electron chi connectivity index (χ0n) is 12.2. The molecule has 1 saturated carbocycles. The Morgan fingerprint density at radius 1 is 1.15 bits per heavy atom. The summed E-state index contributed by atoms with van der Waals surface area (Å²) >= 11 is 0. The van der Waals surface area contributed by atoms with Crippen molar-refractivity contribution in [3.05, 3.63) is 24.4 Å². The first-order valence-electron chi connectivity index (χ1n) is 7.97. The molecule has 2 fully saturated rings. The topological polar surface area (TPSA) is 45.4 Å². The van der Waals surface area contributed by atoms with Gasteiger partial charge in [0.25, 0.3) is 0 Å². The van der Waals surface area contributed by atoms with Crippen molar-refractivity contribution in [2.75, 3.05) is 37.6 Å². The maximum atomic E-state index is 6.39. The highest BCUT2D eigenvalue weighted by Gasteiger charge is 2.25. The molecule has 2 aliphatic rings. The second-order valence-electron chi connectivity index (χ2n) is 6.18. The second kappa shape index (κ2) is 6.55. The van der Waals surface area contributed by atoms with Gasteiger partial charge in [-0.3, -0.25) is 4.90 Å². The van der Waals surface area contributed by atoms with E-state index < -0.39 is 0 Å². The quantitative estimate of drug-likeness (QED) is 0.908. The van der Waals surface area contributed by atoms with Crippen molar-refractivity contribution in [1.82, 2.24) is 9.88 Å². The molecule has 3 rings (SSSR count). The van der Waals surface area contributed by atoms with Gasteiger partial charge in [-0.1, -0.05) is 18.9 Å². The van der Waals surface area contributed by atoms with Crippen molar-refractivity contribution in [2.24, 2.45) is 11.7 Å². The van der Waals surface area contributed by atoms with Crippen LogP contribution in [0.15, 0.2) is 24.4 Å². The molecule has 4 heteroatoms. The van der Waals surface area contributed by atoms with Gasteiger partial charge in [0.1, 0.15) is 5.82 Å². The van der Waals surface area contributed by atoms with Crippen LogP contribution >= 0.6 is 0 Å². The number of pyridine rings is 1. The van der Waals surface area contributed by atoms with Gasteiger partial charge in [0, 0.05) is 45.0 Å². The van der Waals surface area contributed by atoms with E-state index in [4.69, 9.17) is 5.73 Å². The minimum atomic E-state index is 0.374. The number of piperazine rings is 1. The summed E-state index contributed by atoms with van der Waals surface area (Å²) in [7, 11) is 0. The Labute approximate surface area is 122 Å². The monoisotopic (exact) mass is 274 g/mol. The summed E-state index contributed by atoms with van der Waals surface area (Å²) in [6, 6.07) is 6.50. The van der Waals surface area contributed by atoms with E-state index in [1.165, 1.54) is 25.7 Å². The third-order valence-electron chi connectivity index (χ3n) is 4.82. The van der Waals surface area contributed by atoms with Gasteiger partial charge in [-0.2, -0.15) is 0 Å². The van der Waals surface area contributed by atoms with E-state index in [1.807, 2.05) is 12.3 Å². The Balaban J connectivity index is 1.46. The van der Waals surface area contributed by atoms with Crippen molar-refractivity contribution in [3.63, 3.8) is 0 Å². The zero-order chi connectivity index (χ0) is 13.8. The molecule has 4 nitrogen and oxygen atoms in total. The Bertz CT molecular complexity index is 394. The molecule has 1 aromatic heterocycles. The first kappa shape index (κ1) is 13.8. The number of rotatable bonds is 4. The fraction of sp³-hybridized carbons (Fsp3) is 0.688. The average molecular weight is 274 g/mol. The molecule has 110 valence electrons. The van der Waals surface area contributed by atoms with E-state index >= 15 is 0 Å². The molecule has 1 aliphatic carbocycles. The first-order chi connectivity index (χ1) is 9.83. The second-order valence-corrected chi connectivity index (χ2v) is 6.18. The minimum absolute atomic E-state index is 0.374. The van der Waals surface area contributed by atoms with Crippen LogP contribution in [0, 0.1) is 5.92 Å². The van der Waals surface area contributed by atoms with Gasteiger partial charge in [0.2, 0.25) is 0 Å². The minimum Gasteiger partial charge on any atom is -0.354 e. The van der Waals surface area contributed by atoms with Crippen LogP contribution in [0.3, 0.4) is 0 Å². The predicted octanol–water partition coefficient (Wildman–Crippen LogP) is 1.72. The van der Waals surface area contributed by atoms with E-state index in [9.17, 15) is 0 Å². The molecule has 0 spiro atoms. The fourth-order valence-corrected chi connectivity index (χ4v) is 3.53. The average Bonchev–Trinajstić information content (AvgIpc) is 3.03. The molecule has 0 radical (unpaired) electrons. The Kier molecular flexibility index (Phi) is 4.53. The standard InChI is InChI=1S/C16H26N4/c17-15(14-5-1-2-6-14)13-19-9-11-20(12-10-19)16-7-3-4-8-18-16/h3-4,7-8,14-15H,1-2,5-6,9-13,17H2. The van der Waals surface area contributed by atoms with Gasteiger partial charge in [0.05, 0.1) is 0 Å². The maximum absolute atomic E-state index is 6.39. The molecule has 0 aromatic carbocycles. The van der Waals surface area contributed by atoms with E-state index in [0.717, 1.165) is 44.5 Å². The van der Waals surface area contributed by atoms with E-state index in [2.05, 4.69) is 26.9 Å². The summed E-state index contributed by atoms with van der Waals surface area (Å²) in [6.45, 7) is 5.41. The van der Waals surface area contributed by atoms with E-state index in [1.54, 1.807) is 0 Å². The van der Waals surface area contributed by atoms with Gasteiger partial charge in [0.15, 0.2) is 0 Å². The highest BCUT2D eigenvalue weighted by Crippen LogP contribution is 2.27. The summed E-state index contributed by atoms with van der Waals surface area (Å²) < 4.78 is 0. The fourth-order valence-electron chi connectivity index (χ4n) is 3.53. The number of hydrogen-bond acceptors (Lipinski definition) is 4. The van der Waals surface area contributed by atoms with Crippen molar-refractivity contribution in [1.29, 1.82) is 0 Å². The van der Waals surface area contributed by atoms with Crippen molar-refractivity contribution in [3.8, 4) is 0 Å². The lowest BCUT2D eigenvalue weighted by molar-refractivity contribution is 0.218. The van der Waals surface area contributed by atoms with Gasteiger partial charge in [-0.15, -0.1) is 0 Å². The zero-order valence-corrected chi connectivity index (χ0v) is 12.2. The lowest BCUT2D eigenvalue weighted by Gasteiger charge is -2.37. The molecule has 0 amide bonds. The summed E-state index contributed by atoms with van der Waals surface area (Å²) in [5.41, 5.74) is 6.39. The molecule has 20 heavy (non-hydrogen) atoms. The molecular formula is C16H26N4. The number of nitrogens with two attached hydrogens (primary N) is 1. The highest BCUT2D eigenvalue weighted by atomic mass is 15.3. The van der Waals surface area contributed by atoms with Crippen LogP contribution in [0.5, 0.6) is 0 Å². The van der Waals surface area contributed by atoms with Crippen molar-refractivity contribution < 1.29 is 0 Å². The Morgan fingerprint density at radius 3 is 2.55 bits per heavy atom. The largest absolute Gasteiger partial charge is 0.354 e. The maximum Gasteiger partial charge on any atom is 0.128 e. The molecular weight excluding hydrogens is 248 g/mol. The van der Waals surface area contributed by atoms with E-state index in [0.29, 0.717) is 6.04 Å². The third kappa shape index (κ3) is 3.30. The molecule has 2 N–H and O–H groups in total. The van der Waals surface area contributed by atoms with Crippen LogP contribution in [0.1, 0.15) is 25.7 Å². The normalized spacial score (nSPS) is 23.1. The van der Waals surface area contributed by atoms with Crippen LogP contribution < -0.4 is 10.6 Å². The van der Waals surface area contributed by atoms with Gasteiger partial charge in [-0.25, -0.2) is 4.98 Å². The molecule has 2 heterocycles. The Morgan fingerprint density at radius 2 is 1.90 bits per heavy atom. The third-order valence-corrected chi connectivity index (χ3v) is 4.82. The van der Waals surface area contributed by atoms with Crippen LogP contribution in [0.4, 0.5) is 5.82 Å². The molecule has 1 aromatic rings. The van der Waals surface area contributed by atoms with Crippen LogP contribution in [0.25, 0.3) is 0 Å². The molecule has 0 bridgehead atoms. The molecule has 1 atom stereocenters. The first-order valence-corrected chi connectivity index (χ1v) is 7.97. The number of nitrogens with zero attached hydrogens (tertiary/aromatic N) is 3. The lowest BCUT2D eigenvalue weighted by Crippen LogP contribution is -2.51. The van der Waals surface area contributed by atoms with Gasteiger partial charge >= 0.3 is 0 Å². The lowest BCUT2D eigenvalue weighted by atomic mass is 9.98. The summed E-state index contributed by atoms with van der Waals surface area (Å²) in [5, 5.41) is 0. The number of aromatic nitrogens is 1. The van der Waals surface area contributed by atoms with Gasteiger partial charge in [-0.05, 0) is 30.9 Å². The van der Waals surface area contributed by atoms with Crippen LogP contribution in [-0.2, 0) is 0 Å². The predicted molar refractivity (Wildman–Crippen MR) is 82.8 cm³/mol. The highest BCUT2D eigenvalue weighted by molar-refractivity contribution is 5.38. The van der Waals surface area contributed by atoms with E-state index in [-0.39, 0.29) is 0 Å².